The molecule has 3 rings (SSSR count). The molecule has 0 bridgehead atoms. The van der Waals surface area contributed by atoms with Gasteiger partial charge in [0.25, 0.3) is 0 Å². The van der Waals surface area contributed by atoms with Crippen LogP contribution >= 0.6 is 0 Å². The Hall–Kier alpha value is -2.11. The maximum Gasteiger partial charge on any atom is 0.227 e. The van der Waals surface area contributed by atoms with Crippen LogP contribution in [0.4, 0.5) is 0 Å². The predicted octanol–water partition coefficient (Wildman–Crippen LogP) is 1.57. The molecule has 2 aromatic heterocycles. The lowest BCUT2D eigenvalue weighted by atomic mass is 10.1. The van der Waals surface area contributed by atoms with E-state index in [9.17, 15) is 4.79 Å². The highest BCUT2D eigenvalue weighted by Crippen LogP contribution is 2.26. The van der Waals surface area contributed by atoms with E-state index in [1.165, 1.54) is 0 Å². The van der Waals surface area contributed by atoms with Crippen molar-refractivity contribution in [2.24, 2.45) is 0 Å². The highest BCUT2D eigenvalue weighted by molar-refractivity contribution is 5.79. The van der Waals surface area contributed by atoms with Crippen molar-refractivity contribution in [1.82, 2.24) is 20.3 Å². The lowest BCUT2D eigenvalue weighted by molar-refractivity contribution is -0.129. The number of aromatic nitrogens is 3. The number of aryl methyl sites for hydroxylation is 2. The van der Waals surface area contributed by atoms with Crippen molar-refractivity contribution in [2.75, 3.05) is 13.1 Å². The van der Waals surface area contributed by atoms with E-state index in [4.69, 9.17) is 4.52 Å². The molecule has 106 valence electrons. The Labute approximate surface area is 117 Å². The first kappa shape index (κ1) is 12.9. The van der Waals surface area contributed by atoms with Crippen LogP contribution in [0, 0.1) is 13.8 Å². The van der Waals surface area contributed by atoms with Gasteiger partial charge in [-0.05, 0) is 26.3 Å². The smallest absolute Gasteiger partial charge is 0.227 e. The Kier molecular flexibility index (Phi) is 3.30. The molecule has 0 aromatic carbocycles. The zero-order valence-corrected chi connectivity index (χ0v) is 11.7. The third kappa shape index (κ3) is 2.33. The molecule has 1 aliphatic heterocycles. The molecule has 6 nitrogen and oxygen atoms in total. The van der Waals surface area contributed by atoms with E-state index in [2.05, 4.69) is 15.4 Å². The fraction of sp³-hybridized carbons (Fsp3) is 0.500. The molecule has 1 fully saturated rings. The SMILES string of the molecule is Cc1noc(C)c1CC(=O)N1CCC(c2ccn[nH]2)C1. The molecule has 3 heterocycles. The van der Waals surface area contributed by atoms with Crippen molar-refractivity contribution in [3.8, 4) is 0 Å². The average Bonchev–Trinajstić information content (AvgIpc) is 3.14. The van der Waals surface area contributed by atoms with E-state index in [0.29, 0.717) is 12.3 Å². The van der Waals surface area contributed by atoms with Gasteiger partial charge < -0.3 is 9.42 Å². The molecule has 6 heteroatoms. The number of hydrogen-bond donors (Lipinski definition) is 1. The van der Waals surface area contributed by atoms with Crippen molar-refractivity contribution >= 4 is 5.91 Å². The van der Waals surface area contributed by atoms with Crippen LogP contribution in [0.5, 0.6) is 0 Å². The van der Waals surface area contributed by atoms with Gasteiger partial charge in [-0.1, -0.05) is 5.16 Å². The summed E-state index contributed by atoms with van der Waals surface area (Å²) in [6.45, 7) is 5.27. The minimum absolute atomic E-state index is 0.140. The number of hydrogen-bond acceptors (Lipinski definition) is 4. The van der Waals surface area contributed by atoms with Crippen LogP contribution < -0.4 is 0 Å². The minimum Gasteiger partial charge on any atom is -0.361 e. The number of carbonyl (C=O) groups is 1. The first-order valence-electron chi connectivity index (χ1n) is 6.84. The van der Waals surface area contributed by atoms with Gasteiger partial charge in [-0.3, -0.25) is 9.89 Å². The molecule has 0 spiro atoms. The van der Waals surface area contributed by atoms with Crippen LogP contribution in [0.15, 0.2) is 16.8 Å². The van der Waals surface area contributed by atoms with Gasteiger partial charge in [0.15, 0.2) is 0 Å². The lowest BCUT2D eigenvalue weighted by Crippen LogP contribution is -2.30. The molecule has 0 aliphatic carbocycles. The van der Waals surface area contributed by atoms with E-state index in [-0.39, 0.29) is 5.91 Å². The summed E-state index contributed by atoms with van der Waals surface area (Å²) in [5.41, 5.74) is 2.83. The summed E-state index contributed by atoms with van der Waals surface area (Å²) in [5, 5.41) is 10.9. The molecule has 1 unspecified atom stereocenters. The molecule has 0 saturated carbocycles. The summed E-state index contributed by atoms with van der Waals surface area (Å²) in [6, 6.07) is 1.98. The van der Waals surface area contributed by atoms with Gasteiger partial charge in [0.2, 0.25) is 5.91 Å². The second-order valence-corrected chi connectivity index (χ2v) is 5.32. The summed E-state index contributed by atoms with van der Waals surface area (Å²) in [6.07, 6.45) is 3.11. The van der Waals surface area contributed by atoms with Crippen LogP contribution in [0.3, 0.4) is 0 Å². The van der Waals surface area contributed by atoms with Crippen LogP contribution in [0.2, 0.25) is 0 Å². The maximum absolute atomic E-state index is 12.4. The van der Waals surface area contributed by atoms with E-state index in [1.807, 2.05) is 24.8 Å². The summed E-state index contributed by atoms with van der Waals surface area (Å²) in [5.74, 6) is 1.24. The third-order valence-electron chi connectivity index (χ3n) is 4.01. The van der Waals surface area contributed by atoms with E-state index >= 15 is 0 Å². The molecule has 0 radical (unpaired) electrons. The van der Waals surface area contributed by atoms with Crippen LogP contribution in [0.25, 0.3) is 0 Å². The Morgan fingerprint density at radius 1 is 1.55 bits per heavy atom. The zero-order chi connectivity index (χ0) is 14.1. The Balaban J connectivity index is 1.65. The van der Waals surface area contributed by atoms with Gasteiger partial charge in [0, 0.05) is 36.5 Å². The van der Waals surface area contributed by atoms with Crippen LogP contribution in [0.1, 0.15) is 35.1 Å². The minimum atomic E-state index is 0.140. The number of nitrogens with zero attached hydrogens (tertiary/aromatic N) is 3. The molecule has 1 aliphatic rings. The number of likely N-dealkylation sites (tertiary alicyclic amines) is 1. The lowest BCUT2D eigenvalue weighted by Gasteiger charge is -2.16. The molecule has 1 N–H and O–H groups in total. The van der Waals surface area contributed by atoms with Crippen molar-refractivity contribution in [2.45, 2.75) is 32.6 Å². The Morgan fingerprint density at radius 3 is 3.05 bits per heavy atom. The van der Waals surface area contributed by atoms with Crippen LogP contribution in [-0.2, 0) is 11.2 Å². The summed E-state index contributed by atoms with van der Waals surface area (Å²) < 4.78 is 5.10. The standard InChI is InChI=1S/C14H18N4O2/c1-9-12(10(2)20-17-9)7-14(19)18-6-4-11(8-18)13-3-5-15-16-13/h3,5,11H,4,6-8H2,1-2H3,(H,15,16). The monoisotopic (exact) mass is 274 g/mol. The molecule has 2 aromatic rings. The van der Waals surface area contributed by atoms with Gasteiger partial charge >= 0.3 is 0 Å². The van der Waals surface area contributed by atoms with Crippen molar-refractivity contribution in [3.05, 3.63) is 35.0 Å². The number of amides is 1. The quantitative estimate of drug-likeness (QED) is 0.922. The molecular weight excluding hydrogens is 256 g/mol. The first-order chi connectivity index (χ1) is 9.65. The zero-order valence-electron chi connectivity index (χ0n) is 11.7. The molecule has 20 heavy (non-hydrogen) atoms. The maximum atomic E-state index is 12.4. The van der Waals surface area contributed by atoms with Gasteiger partial charge in [-0.2, -0.15) is 5.10 Å². The summed E-state index contributed by atoms with van der Waals surface area (Å²) in [4.78, 5) is 14.3. The molecule has 1 saturated heterocycles. The molecule has 1 atom stereocenters. The van der Waals surface area contributed by atoms with E-state index in [0.717, 1.165) is 42.2 Å². The predicted molar refractivity (Wildman–Crippen MR) is 72.2 cm³/mol. The highest BCUT2D eigenvalue weighted by Gasteiger charge is 2.28. The number of carbonyl (C=O) groups excluding carboxylic acids is 1. The molecular formula is C14H18N4O2. The highest BCUT2D eigenvalue weighted by atomic mass is 16.5. The largest absolute Gasteiger partial charge is 0.361 e. The van der Waals surface area contributed by atoms with E-state index < -0.39 is 0 Å². The molecule has 1 amide bonds. The number of H-pyrrole nitrogens is 1. The van der Waals surface area contributed by atoms with Crippen molar-refractivity contribution in [1.29, 1.82) is 0 Å². The second-order valence-electron chi connectivity index (χ2n) is 5.32. The van der Waals surface area contributed by atoms with Gasteiger partial charge in [0.1, 0.15) is 5.76 Å². The van der Waals surface area contributed by atoms with Gasteiger partial charge in [-0.15, -0.1) is 0 Å². The van der Waals surface area contributed by atoms with Gasteiger partial charge in [0.05, 0.1) is 12.1 Å². The topological polar surface area (TPSA) is 75.0 Å². The Morgan fingerprint density at radius 2 is 2.40 bits per heavy atom. The third-order valence-corrected chi connectivity index (χ3v) is 4.01. The van der Waals surface area contributed by atoms with Crippen molar-refractivity contribution < 1.29 is 9.32 Å². The van der Waals surface area contributed by atoms with Crippen LogP contribution in [-0.4, -0.2) is 39.3 Å². The second kappa shape index (κ2) is 5.11. The fourth-order valence-corrected chi connectivity index (χ4v) is 2.75. The normalized spacial score (nSPS) is 18.7. The number of nitrogens with one attached hydrogen (secondary N) is 1. The summed E-state index contributed by atoms with van der Waals surface area (Å²) >= 11 is 0. The Bertz CT molecular complexity index is 583. The van der Waals surface area contributed by atoms with E-state index in [1.54, 1.807) is 6.20 Å². The summed E-state index contributed by atoms with van der Waals surface area (Å²) in [7, 11) is 0. The number of rotatable bonds is 3. The average molecular weight is 274 g/mol. The number of aromatic amines is 1. The van der Waals surface area contributed by atoms with Gasteiger partial charge in [-0.25, -0.2) is 0 Å². The fourth-order valence-electron chi connectivity index (χ4n) is 2.75. The first-order valence-corrected chi connectivity index (χ1v) is 6.84. The van der Waals surface area contributed by atoms with Crippen molar-refractivity contribution in [3.63, 3.8) is 0 Å².